The number of carbonyl (C=O) groups is 1. The predicted molar refractivity (Wildman–Crippen MR) is 98.0 cm³/mol. The Kier molecular flexibility index (Phi) is 4.60. The molecule has 4 aromatic heterocycles. The first-order chi connectivity index (χ1) is 14.3. The molecular weight excluding hydrogens is 407 g/mol. The molecule has 12 heteroatoms. The summed E-state index contributed by atoms with van der Waals surface area (Å²) in [7, 11) is 1.12. The summed E-state index contributed by atoms with van der Waals surface area (Å²) in [6.45, 7) is -1.51. The lowest BCUT2D eigenvalue weighted by Crippen LogP contribution is -2.28. The summed E-state index contributed by atoms with van der Waals surface area (Å²) in [5.41, 5.74) is -0.0254. The highest BCUT2D eigenvalue weighted by Crippen LogP contribution is 2.31. The fourth-order valence-electron chi connectivity index (χ4n) is 3.03. The van der Waals surface area contributed by atoms with Crippen molar-refractivity contribution in [2.24, 2.45) is 0 Å². The van der Waals surface area contributed by atoms with E-state index >= 15 is 0 Å². The van der Waals surface area contributed by atoms with Crippen LogP contribution in [0, 0.1) is 0 Å². The summed E-state index contributed by atoms with van der Waals surface area (Å²) in [6, 6.07) is 4.43. The Morgan fingerprint density at radius 2 is 2.07 bits per heavy atom. The molecule has 30 heavy (non-hydrogen) atoms. The smallest absolute Gasteiger partial charge is 0.437 e. The number of methoxy groups -OCH3 is 1. The number of nitrogens with one attached hydrogen (secondary N) is 1. The zero-order valence-corrected chi connectivity index (χ0v) is 15.2. The Hall–Kier alpha value is -3.96. The number of pyridine rings is 3. The van der Waals surface area contributed by atoms with Crippen LogP contribution >= 0.6 is 0 Å². The van der Waals surface area contributed by atoms with E-state index in [0.717, 1.165) is 13.3 Å². The van der Waals surface area contributed by atoms with Crippen LogP contribution in [0.5, 0.6) is 5.88 Å². The Bertz CT molecular complexity index is 1330. The third-order valence-electron chi connectivity index (χ3n) is 4.28. The second-order valence-electron chi connectivity index (χ2n) is 6.17. The van der Waals surface area contributed by atoms with E-state index in [0.29, 0.717) is 4.57 Å². The number of aromatic amines is 1. The lowest BCUT2D eigenvalue weighted by Gasteiger charge is -2.14. The molecule has 0 bridgehead atoms. The summed E-state index contributed by atoms with van der Waals surface area (Å²) in [5, 5.41) is 6.33. The van der Waals surface area contributed by atoms with E-state index in [4.69, 9.17) is 4.74 Å². The van der Waals surface area contributed by atoms with Gasteiger partial charge in [-0.3, -0.25) is 19.4 Å². The van der Waals surface area contributed by atoms with Gasteiger partial charge in [-0.2, -0.15) is 18.3 Å². The highest BCUT2D eigenvalue weighted by Gasteiger charge is 2.30. The molecule has 9 nitrogen and oxygen atoms in total. The Balaban J connectivity index is 1.98. The maximum absolute atomic E-state index is 13.2. The van der Waals surface area contributed by atoms with Gasteiger partial charge in [0.05, 0.1) is 29.7 Å². The number of alkyl halides is 3. The van der Waals surface area contributed by atoms with Gasteiger partial charge in [-0.15, -0.1) is 0 Å². The average Bonchev–Trinajstić information content (AvgIpc) is 3.20. The van der Waals surface area contributed by atoms with Crippen molar-refractivity contribution in [3.05, 3.63) is 47.1 Å². The summed E-state index contributed by atoms with van der Waals surface area (Å²) in [6.07, 6.45) is -1.77. The Morgan fingerprint density at radius 3 is 2.80 bits per heavy atom. The van der Waals surface area contributed by atoms with Crippen molar-refractivity contribution < 1.29 is 27.4 Å². The average molecular weight is 419 g/mol. The van der Waals surface area contributed by atoms with Crippen LogP contribution in [-0.2, 0) is 11.3 Å². The molecule has 4 heterocycles. The number of carbonyl (C=O) groups excluding carboxylic acids is 1. The molecule has 0 aliphatic rings. The second-order valence-corrected chi connectivity index (χ2v) is 6.17. The Labute approximate surface area is 165 Å². The molecular formula is C18H12F3N5O4. The molecule has 4 aromatic rings. The van der Waals surface area contributed by atoms with Crippen LogP contribution in [0.3, 0.4) is 0 Å². The van der Waals surface area contributed by atoms with Gasteiger partial charge in [0.25, 0.3) is 5.56 Å². The summed E-state index contributed by atoms with van der Waals surface area (Å²) < 4.78 is 49.5. The molecule has 0 fully saturated rings. The second kappa shape index (κ2) is 7.13. The standard InChI is InChI=1S/C18H12F3N5O4/c1-29-17(28)30-15-10(3-2-4-22-15)9-5-12-14(23-6-9)13-11(7-24-25-13)16(27)26(12)8-18(19,20)21/h2-7H,8H2,1H3,(H,24,25). The first kappa shape index (κ1) is 19.4. The normalized spacial score (nSPS) is 11.7. The number of halogens is 3. The van der Waals surface area contributed by atoms with Gasteiger partial charge in [-0.05, 0) is 18.2 Å². The van der Waals surface area contributed by atoms with Gasteiger partial charge in [0.2, 0.25) is 5.88 Å². The van der Waals surface area contributed by atoms with Crippen LogP contribution in [0.25, 0.3) is 33.1 Å². The van der Waals surface area contributed by atoms with Gasteiger partial charge in [0.15, 0.2) is 0 Å². The SMILES string of the molecule is COC(=O)Oc1ncccc1-c1cnc2c3[nH]ncc3c(=O)n(CC(F)(F)F)c2c1. The van der Waals surface area contributed by atoms with Gasteiger partial charge in [0.1, 0.15) is 12.1 Å². The number of nitrogens with zero attached hydrogens (tertiary/aromatic N) is 4. The van der Waals surface area contributed by atoms with Crippen molar-refractivity contribution in [3.63, 3.8) is 0 Å². The van der Waals surface area contributed by atoms with E-state index in [1.807, 2.05) is 0 Å². The number of aromatic nitrogens is 5. The van der Waals surface area contributed by atoms with Gasteiger partial charge >= 0.3 is 12.3 Å². The van der Waals surface area contributed by atoms with E-state index < -0.39 is 24.4 Å². The molecule has 0 saturated carbocycles. The summed E-state index contributed by atoms with van der Waals surface area (Å²) in [4.78, 5) is 32.3. The molecule has 4 rings (SSSR count). The van der Waals surface area contributed by atoms with Crippen LogP contribution in [0.4, 0.5) is 18.0 Å². The third kappa shape index (κ3) is 3.43. The lowest BCUT2D eigenvalue weighted by atomic mass is 10.1. The van der Waals surface area contributed by atoms with Crippen molar-refractivity contribution in [1.82, 2.24) is 24.7 Å². The molecule has 0 aliphatic carbocycles. The van der Waals surface area contributed by atoms with E-state index in [9.17, 15) is 22.8 Å². The molecule has 0 radical (unpaired) electrons. The van der Waals surface area contributed by atoms with Crippen LogP contribution < -0.4 is 10.3 Å². The largest absolute Gasteiger partial charge is 0.514 e. The third-order valence-corrected chi connectivity index (χ3v) is 4.28. The first-order valence-corrected chi connectivity index (χ1v) is 8.42. The molecule has 0 spiro atoms. The molecule has 0 unspecified atom stereocenters. The molecule has 1 N–H and O–H groups in total. The fourth-order valence-corrected chi connectivity index (χ4v) is 3.03. The molecule has 0 aromatic carbocycles. The monoisotopic (exact) mass is 419 g/mol. The molecule has 0 aliphatic heterocycles. The lowest BCUT2D eigenvalue weighted by molar-refractivity contribution is -0.140. The molecule has 0 atom stereocenters. The van der Waals surface area contributed by atoms with Crippen molar-refractivity contribution in [2.75, 3.05) is 7.11 Å². The van der Waals surface area contributed by atoms with Crippen molar-refractivity contribution in [2.45, 2.75) is 12.7 Å². The van der Waals surface area contributed by atoms with Crippen molar-refractivity contribution in [3.8, 4) is 17.0 Å². The van der Waals surface area contributed by atoms with Gasteiger partial charge in [-0.25, -0.2) is 9.78 Å². The van der Waals surface area contributed by atoms with Crippen molar-refractivity contribution >= 4 is 28.1 Å². The zero-order valence-electron chi connectivity index (χ0n) is 15.2. The highest BCUT2D eigenvalue weighted by molar-refractivity contribution is 6.01. The molecule has 0 saturated heterocycles. The molecule has 0 amide bonds. The quantitative estimate of drug-likeness (QED) is 0.508. The van der Waals surface area contributed by atoms with Crippen molar-refractivity contribution in [1.29, 1.82) is 0 Å². The maximum Gasteiger partial charge on any atom is 0.514 e. The van der Waals surface area contributed by atoms with Crippen LogP contribution in [0.2, 0.25) is 0 Å². The molecule has 154 valence electrons. The number of fused-ring (bicyclic) bond motifs is 3. The minimum absolute atomic E-state index is 0.0110. The van der Waals surface area contributed by atoms with E-state index in [1.54, 1.807) is 6.07 Å². The maximum atomic E-state index is 13.2. The van der Waals surface area contributed by atoms with Crippen LogP contribution in [0.15, 0.2) is 41.6 Å². The zero-order chi connectivity index (χ0) is 21.5. The number of ether oxygens (including phenoxy) is 2. The minimum Gasteiger partial charge on any atom is -0.437 e. The van der Waals surface area contributed by atoms with E-state index in [2.05, 4.69) is 24.9 Å². The number of hydrogen-bond acceptors (Lipinski definition) is 7. The van der Waals surface area contributed by atoms with Gasteiger partial charge < -0.3 is 9.47 Å². The Morgan fingerprint density at radius 1 is 1.27 bits per heavy atom. The van der Waals surface area contributed by atoms with E-state index in [-0.39, 0.29) is 38.9 Å². The highest BCUT2D eigenvalue weighted by atomic mass is 19.4. The number of hydrogen-bond donors (Lipinski definition) is 1. The van der Waals surface area contributed by atoms with Crippen LogP contribution in [0.1, 0.15) is 0 Å². The number of rotatable bonds is 3. The predicted octanol–water partition coefficient (Wildman–Crippen LogP) is 3.04. The van der Waals surface area contributed by atoms with E-state index in [1.165, 1.54) is 24.5 Å². The summed E-state index contributed by atoms with van der Waals surface area (Å²) >= 11 is 0. The van der Waals surface area contributed by atoms with Crippen LogP contribution in [-0.4, -0.2) is 44.2 Å². The van der Waals surface area contributed by atoms with Gasteiger partial charge in [-0.1, -0.05) is 0 Å². The number of H-pyrrole nitrogens is 1. The first-order valence-electron chi connectivity index (χ1n) is 8.42. The minimum atomic E-state index is -4.64. The fraction of sp³-hybridized carbons (Fsp3) is 0.167. The summed E-state index contributed by atoms with van der Waals surface area (Å²) in [5.74, 6) is -0.127. The van der Waals surface area contributed by atoms with Gasteiger partial charge in [0, 0.05) is 23.5 Å². The topological polar surface area (TPSA) is 112 Å².